The Hall–Kier alpha value is -1.39. The molecule has 3 N–H and O–H groups in total. The molecule has 18 heavy (non-hydrogen) atoms. The predicted octanol–water partition coefficient (Wildman–Crippen LogP) is 0.914. The van der Waals surface area contributed by atoms with Crippen molar-refractivity contribution in [1.82, 2.24) is 0 Å². The van der Waals surface area contributed by atoms with Crippen molar-refractivity contribution in [2.45, 2.75) is 38.9 Å². The van der Waals surface area contributed by atoms with Crippen molar-refractivity contribution in [3.63, 3.8) is 0 Å². The number of hydrogen-bond acceptors (Lipinski definition) is 4. The van der Waals surface area contributed by atoms with Gasteiger partial charge in [0.1, 0.15) is 11.5 Å². The van der Waals surface area contributed by atoms with E-state index in [0.717, 1.165) is 17.5 Å². The van der Waals surface area contributed by atoms with E-state index in [1.807, 2.05) is 0 Å². The largest absolute Gasteiger partial charge is 0.507 e. The smallest absolute Gasteiger partial charge is 0.140 e. The molecule has 0 aliphatic heterocycles. The second-order valence-electron chi connectivity index (χ2n) is 5.23. The molecule has 0 spiro atoms. The van der Waals surface area contributed by atoms with Crippen LogP contribution >= 0.6 is 0 Å². The fraction of sp³-hybridized carbons (Fsp3) is 0.500. The first-order chi connectivity index (χ1) is 8.60. The third-order valence-electron chi connectivity index (χ3n) is 4.35. The van der Waals surface area contributed by atoms with Crippen molar-refractivity contribution in [1.29, 1.82) is 0 Å². The van der Waals surface area contributed by atoms with Gasteiger partial charge in [0.25, 0.3) is 0 Å². The second-order valence-corrected chi connectivity index (χ2v) is 5.23. The van der Waals surface area contributed by atoms with E-state index in [1.54, 1.807) is 6.92 Å². The minimum absolute atomic E-state index is 0.0206. The van der Waals surface area contributed by atoms with Crippen molar-refractivity contribution >= 4 is 5.78 Å². The summed E-state index contributed by atoms with van der Waals surface area (Å²) in [6.45, 7) is 1.27. The minimum atomic E-state index is -0.290. The van der Waals surface area contributed by atoms with E-state index in [0.29, 0.717) is 23.1 Å². The van der Waals surface area contributed by atoms with Gasteiger partial charge in [0.05, 0.1) is 13.2 Å². The first-order valence-corrected chi connectivity index (χ1v) is 6.20. The van der Waals surface area contributed by atoms with Gasteiger partial charge in [-0.1, -0.05) is 0 Å². The quantitative estimate of drug-likeness (QED) is 0.727. The van der Waals surface area contributed by atoms with Crippen LogP contribution in [-0.2, 0) is 24.4 Å². The van der Waals surface area contributed by atoms with Crippen molar-refractivity contribution in [3.05, 3.63) is 27.8 Å². The molecule has 0 saturated heterocycles. The molecule has 0 radical (unpaired) electrons. The van der Waals surface area contributed by atoms with Crippen LogP contribution in [0.25, 0.3) is 0 Å². The Morgan fingerprint density at radius 3 is 2.44 bits per heavy atom. The molecule has 2 atom stereocenters. The summed E-state index contributed by atoms with van der Waals surface area (Å²) in [5.74, 6) is 0.536. The maximum absolute atomic E-state index is 11.8. The lowest BCUT2D eigenvalue weighted by molar-refractivity contribution is -0.120. The Labute approximate surface area is 105 Å². The van der Waals surface area contributed by atoms with Crippen LogP contribution in [0.4, 0.5) is 0 Å². The van der Waals surface area contributed by atoms with Crippen LogP contribution in [0.15, 0.2) is 0 Å². The Bertz CT molecular complexity index is 547. The zero-order valence-corrected chi connectivity index (χ0v) is 10.2. The molecule has 2 aliphatic carbocycles. The number of hydrogen-bond donors (Lipinski definition) is 3. The van der Waals surface area contributed by atoms with Crippen LogP contribution in [-0.4, -0.2) is 21.1 Å². The lowest BCUT2D eigenvalue weighted by Crippen LogP contribution is -2.18. The summed E-state index contributed by atoms with van der Waals surface area (Å²) in [5, 5.41) is 29.0. The molecule has 1 aromatic carbocycles. The number of carbonyl (C=O) groups is 1. The number of ketones is 1. The number of aliphatic hydroxyl groups excluding tert-OH is 2. The van der Waals surface area contributed by atoms with E-state index < -0.39 is 0 Å². The minimum Gasteiger partial charge on any atom is -0.507 e. The summed E-state index contributed by atoms with van der Waals surface area (Å²) in [6.07, 6.45) is 1.18. The molecule has 96 valence electrons. The molecule has 0 aromatic heterocycles. The fourth-order valence-electron chi connectivity index (χ4n) is 3.26. The number of Topliss-reactive ketones (excluding diaryl/α,β-unsaturated/α-hetero) is 1. The average Bonchev–Trinajstić information content (AvgIpc) is 3.14. The van der Waals surface area contributed by atoms with Gasteiger partial charge in [-0.2, -0.15) is 0 Å². The molecule has 0 bridgehead atoms. The molecule has 4 nitrogen and oxygen atoms in total. The summed E-state index contributed by atoms with van der Waals surface area (Å²) in [7, 11) is 0. The Balaban J connectivity index is 2.30. The van der Waals surface area contributed by atoms with Crippen LogP contribution < -0.4 is 0 Å². The standard InChI is InChI=1S/C14H16O4/c1-6-7-3-12(17)8-2-9(8)13(7)10(4-15)11(5-16)14(6)18/h8-9,15-16,18H,2-5H2,1H3/t8-,9?/m1/s1. The number of aliphatic hydroxyl groups is 2. The van der Waals surface area contributed by atoms with Crippen molar-refractivity contribution in [3.8, 4) is 5.75 Å². The van der Waals surface area contributed by atoms with E-state index in [-0.39, 0.29) is 36.6 Å². The molecule has 1 unspecified atom stereocenters. The number of carbonyl (C=O) groups excluding carboxylic acids is 1. The topological polar surface area (TPSA) is 77.8 Å². The maximum atomic E-state index is 11.8. The lowest BCUT2D eigenvalue weighted by atomic mass is 9.82. The number of phenols is 1. The van der Waals surface area contributed by atoms with Crippen molar-refractivity contribution in [2.24, 2.45) is 5.92 Å². The van der Waals surface area contributed by atoms with Crippen molar-refractivity contribution in [2.75, 3.05) is 0 Å². The molecule has 3 rings (SSSR count). The van der Waals surface area contributed by atoms with E-state index in [1.165, 1.54) is 0 Å². The third-order valence-corrected chi connectivity index (χ3v) is 4.35. The number of aromatic hydroxyl groups is 1. The number of benzene rings is 1. The van der Waals surface area contributed by atoms with Crippen LogP contribution in [0.3, 0.4) is 0 Å². The number of rotatable bonds is 2. The summed E-state index contributed by atoms with van der Waals surface area (Å²) < 4.78 is 0. The van der Waals surface area contributed by atoms with Gasteiger partial charge in [0.2, 0.25) is 0 Å². The van der Waals surface area contributed by atoms with Gasteiger partial charge in [0, 0.05) is 17.9 Å². The van der Waals surface area contributed by atoms with Crippen LogP contribution in [0.5, 0.6) is 5.75 Å². The molecule has 0 heterocycles. The van der Waals surface area contributed by atoms with Gasteiger partial charge >= 0.3 is 0 Å². The second kappa shape index (κ2) is 3.80. The molecule has 4 heteroatoms. The zero-order valence-electron chi connectivity index (χ0n) is 10.2. The average molecular weight is 248 g/mol. The molecule has 0 amide bonds. The molecule has 1 aromatic rings. The van der Waals surface area contributed by atoms with Crippen molar-refractivity contribution < 1.29 is 20.1 Å². The van der Waals surface area contributed by atoms with Gasteiger partial charge in [-0.3, -0.25) is 4.79 Å². The van der Waals surface area contributed by atoms with Crippen LogP contribution in [0.1, 0.15) is 40.2 Å². The van der Waals surface area contributed by atoms with Crippen LogP contribution in [0.2, 0.25) is 0 Å². The van der Waals surface area contributed by atoms with Gasteiger partial charge in [-0.15, -0.1) is 0 Å². The van der Waals surface area contributed by atoms with E-state index in [2.05, 4.69) is 0 Å². The van der Waals surface area contributed by atoms with Gasteiger partial charge < -0.3 is 15.3 Å². The van der Waals surface area contributed by atoms with Crippen LogP contribution in [0, 0.1) is 12.8 Å². The Morgan fingerprint density at radius 1 is 1.17 bits per heavy atom. The molecule has 1 saturated carbocycles. The Kier molecular flexibility index (Phi) is 2.47. The third kappa shape index (κ3) is 1.36. The Morgan fingerprint density at radius 2 is 1.83 bits per heavy atom. The zero-order chi connectivity index (χ0) is 13.0. The number of fused-ring (bicyclic) bond motifs is 3. The maximum Gasteiger partial charge on any atom is 0.140 e. The monoisotopic (exact) mass is 248 g/mol. The predicted molar refractivity (Wildman–Crippen MR) is 64.2 cm³/mol. The molecular formula is C14H16O4. The molecular weight excluding hydrogens is 232 g/mol. The van der Waals surface area contributed by atoms with E-state index in [9.17, 15) is 20.1 Å². The van der Waals surface area contributed by atoms with Gasteiger partial charge in [-0.05, 0) is 41.5 Å². The summed E-state index contributed by atoms with van der Waals surface area (Å²) >= 11 is 0. The fourth-order valence-corrected chi connectivity index (χ4v) is 3.26. The first kappa shape index (κ1) is 11.7. The summed E-state index contributed by atoms with van der Waals surface area (Å²) in [4.78, 5) is 11.8. The highest BCUT2D eigenvalue weighted by Crippen LogP contribution is 2.56. The molecule has 1 fully saturated rings. The van der Waals surface area contributed by atoms with E-state index >= 15 is 0 Å². The van der Waals surface area contributed by atoms with Gasteiger partial charge in [-0.25, -0.2) is 0 Å². The highest BCUT2D eigenvalue weighted by molar-refractivity contribution is 5.91. The summed E-state index contributed by atoms with van der Waals surface area (Å²) in [5.41, 5.74) is 3.56. The highest BCUT2D eigenvalue weighted by Gasteiger charge is 2.49. The van der Waals surface area contributed by atoms with Gasteiger partial charge in [0.15, 0.2) is 0 Å². The first-order valence-electron chi connectivity index (χ1n) is 6.20. The molecule has 2 aliphatic rings. The highest BCUT2D eigenvalue weighted by atomic mass is 16.3. The SMILES string of the molecule is Cc1c(O)c(CO)c(CO)c2c1CC(=O)[C@@H]1CC21. The lowest BCUT2D eigenvalue weighted by Gasteiger charge is -2.24. The summed E-state index contributed by atoms with van der Waals surface area (Å²) in [6, 6.07) is 0. The normalized spacial score (nSPS) is 24.7. The van der Waals surface area contributed by atoms with E-state index in [4.69, 9.17) is 0 Å².